The molecule has 0 aliphatic heterocycles. The number of carbonyl (C=O) groups excluding carboxylic acids is 2. The molecule has 1 aromatic heterocycles. The number of thioether (sulfide) groups is 1. The van der Waals surface area contributed by atoms with Crippen molar-refractivity contribution in [3.8, 4) is 0 Å². The van der Waals surface area contributed by atoms with Gasteiger partial charge >= 0.3 is 0 Å². The molecule has 7 nitrogen and oxygen atoms in total. The van der Waals surface area contributed by atoms with Gasteiger partial charge in [-0.2, -0.15) is 0 Å². The van der Waals surface area contributed by atoms with Crippen LogP contribution in [-0.4, -0.2) is 32.3 Å². The normalized spacial score (nSPS) is 11.8. The lowest BCUT2D eigenvalue weighted by Gasteiger charge is -2.14. The van der Waals surface area contributed by atoms with Gasteiger partial charge in [0.25, 0.3) is 5.91 Å². The molecular formula is C21H21BrClN5O2S. The minimum atomic E-state index is -0.349. The molecule has 2 amide bonds. The summed E-state index contributed by atoms with van der Waals surface area (Å²) in [5, 5.41) is 15.2. The lowest BCUT2D eigenvalue weighted by molar-refractivity contribution is -0.113. The van der Waals surface area contributed by atoms with Gasteiger partial charge in [0.05, 0.1) is 16.8 Å². The molecule has 1 heterocycles. The third-order valence-electron chi connectivity index (χ3n) is 4.42. The van der Waals surface area contributed by atoms with Crippen LogP contribution in [0.25, 0.3) is 0 Å². The van der Waals surface area contributed by atoms with E-state index in [0.717, 1.165) is 10.0 Å². The summed E-state index contributed by atoms with van der Waals surface area (Å²) >= 11 is 10.6. The van der Waals surface area contributed by atoms with Crippen molar-refractivity contribution < 1.29 is 9.59 Å². The predicted octanol–water partition coefficient (Wildman–Crippen LogP) is 4.76. The molecule has 0 radical (unpaired) electrons. The second-order valence-corrected chi connectivity index (χ2v) is 9.13. The lowest BCUT2D eigenvalue weighted by Crippen LogP contribution is -2.28. The maximum atomic E-state index is 12.5. The molecule has 0 saturated carbocycles. The number of hydrogen-bond acceptors (Lipinski definition) is 5. The highest BCUT2D eigenvalue weighted by Crippen LogP contribution is 2.26. The van der Waals surface area contributed by atoms with Crippen molar-refractivity contribution in [2.75, 3.05) is 11.1 Å². The van der Waals surface area contributed by atoms with Gasteiger partial charge in [-0.3, -0.25) is 9.59 Å². The molecule has 0 bridgehead atoms. The van der Waals surface area contributed by atoms with Gasteiger partial charge in [0, 0.05) is 22.8 Å². The Kier molecular flexibility index (Phi) is 7.74. The van der Waals surface area contributed by atoms with E-state index in [-0.39, 0.29) is 23.6 Å². The maximum absolute atomic E-state index is 12.5. The standard InChI is InChI=1S/C21H21BrClN5O2S/c1-12-5-4-6-14(9-12)20(30)24-13(2)19-26-27-21(28(19)3)31-11-18(29)25-15-7-8-16(22)17(23)10-15/h4-10,13H,11H2,1-3H3,(H,24,30)(H,25,29)/t13-/m1/s1. The molecule has 1 atom stereocenters. The average molecular weight is 523 g/mol. The smallest absolute Gasteiger partial charge is 0.251 e. The zero-order valence-electron chi connectivity index (χ0n) is 17.1. The molecule has 0 unspecified atom stereocenters. The Morgan fingerprint density at radius 1 is 1.23 bits per heavy atom. The monoisotopic (exact) mass is 521 g/mol. The van der Waals surface area contributed by atoms with Crippen molar-refractivity contribution in [3.63, 3.8) is 0 Å². The second-order valence-electron chi connectivity index (χ2n) is 6.93. The van der Waals surface area contributed by atoms with Crippen molar-refractivity contribution in [2.45, 2.75) is 25.0 Å². The van der Waals surface area contributed by atoms with Crippen LogP contribution in [0.5, 0.6) is 0 Å². The summed E-state index contributed by atoms with van der Waals surface area (Å²) in [5.74, 6) is 0.391. The zero-order chi connectivity index (χ0) is 22.5. The Balaban J connectivity index is 1.58. The molecule has 0 aliphatic carbocycles. The Bertz CT molecular complexity index is 1120. The number of anilines is 1. The molecule has 3 rings (SSSR count). The zero-order valence-corrected chi connectivity index (χ0v) is 20.3. The summed E-state index contributed by atoms with van der Waals surface area (Å²) in [5.41, 5.74) is 2.22. The van der Waals surface area contributed by atoms with E-state index in [2.05, 4.69) is 36.8 Å². The lowest BCUT2D eigenvalue weighted by atomic mass is 10.1. The van der Waals surface area contributed by atoms with E-state index >= 15 is 0 Å². The Morgan fingerprint density at radius 2 is 2.00 bits per heavy atom. The van der Waals surface area contributed by atoms with Gasteiger partial charge in [0.1, 0.15) is 0 Å². The van der Waals surface area contributed by atoms with E-state index in [1.807, 2.05) is 32.0 Å². The van der Waals surface area contributed by atoms with Crippen molar-refractivity contribution in [1.29, 1.82) is 0 Å². The fourth-order valence-electron chi connectivity index (χ4n) is 2.86. The maximum Gasteiger partial charge on any atom is 0.251 e. The van der Waals surface area contributed by atoms with E-state index in [1.165, 1.54) is 11.8 Å². The topological polar surface area (TPSA) is 88.9 Å². The predicted molar refractivity (Wildman–Crippen MR) is 127 cm³/mol. The van der Waals surface area contributed by atoms with Gasteiger partial charge in [-0.05, 0) is 60.1 Å². The quantitative estimate of drug-likeness (QED) is 0.437. The van der Waals surface area contributed by atoms with E-state index in [9.17, 15) is 9.59 Å². The van der Waals surface area contributed by atoms with Crippen LogP contribution in [0.3, 0.4) is 0 Å². The van der Waals surface area contributed by atoms with Crippen LogP contribution in [0.2, 0.25) is 5.02 Å². The van der Waals surface area contributed by atoms with Gasteiger partial charge in [-0.15, -0.1) is 10.2 Å². The fourth-order valence-corrected chi connectivity index (χ4v) is 4.01. The second kappa shape index (κ2) is 10.3. The van der Waals surface area contributed by atoms with Crippen LogP contribution < -0.4 is 10.6 Å². The molecule has 0 aliphatic rings. The van der Waals surface area contributed by atoms with Gasteiger partial charge in [0.2, 0.25) is 5.91 Å². The molecule has 0 saturated heterocycles. The number of rotatable bonds is 7. The fraction of sp³-hybridized carbons (Fsp3) is 0.238. The van der Waals surface area contributed by atoms with E-state index in [4.69, 9.17) is 11.6 Å². The van der Waals surface area contributed by atoms with Crippen LogP contribution in [0.1, 0.15) is 34.7 Å². The summed E-state index contributed by atoms with van der Waals surface area (Å²) in [7, 11) is 1.80. The highest BCUT2D eigenvalue weighted by molar-refractivity contribution is 9.10. The number of halogens is 2. The number of hydrogen-bond donors (Lipinski definition) is 2. The number of aromatic nitrogens is 3. The number of nitrogens with zero attached hydrogens (tertiary/aromatic N) is 3. The molecule has 31 heavy (non-hydrogen) atoms. The third-order valence-corrected chi connectivity index (χ3v) is 6.67. The molecule has 10 heteroatoms. The number of aryl methyl sites for hydroxylation is 1. The van der Waals surface area contributed by atoms with E-state index in [1.54, 1.807) is 35.9 Å². The summed E-state index contributed by atoms with van der Waals surface area (Å²) in [4.78, 5) is 24.8. The summed E-state index contributed by atoms with van der Waals surface area (Å²) in [6.45, 7) is 3.78. The van der Waals surface area contributed by atoms with Crippen molar-refractivity contribution >= 4 is 56.8 Å². The Hall–Kier alpha value is -2.36. The number of benzene rings is 2. The largest absolute Gasteiger partial charge is 0.342 e. The number of amides is 2. The molecule has 2 N–H and O–H groups in total. The summed E-state index contributed by atoms with van der Waals surface area (Å²) < 4.78 is 2.53. The minimum absolute atomic E-state index is 0.156. The van der Waals surface area contributed by atoms with Crippen LogP contribution in [0.15, 0.2) is 52.1 Å². The van der Waals surface area contributed by atoms with Gasteiger partial charge < -0.3 is 15.2 Å². The van der Waals surface area contributed by atoms with Crippen molar-refractivity contribution in [1.82, 2.24) is 20.1 Å². The highest BCUT2D eigenvalue weighted by Gasteiger charge is 2.19. The number of carbonyl (C=O) groups is 2. The van der Waals surface area contributed by atoms with Gasteiger partial charge in [-0.25, -0.2) is 0 Å². The molecule has 162 valence electrons. The summed E-state index contributed by atoms with van der Waals surface area (Å²) in [6.07, 6.45) is 0. The van der Waals surface area contributed by atoms with Crippen LogP contribution >= 0.6 is 39.3 Å². The Morgan fingerprint density at radius 3 is 2.71 bits per heavy atom. The first-order chi connectivity index (χ1) is 14.7. The number of nitrogens with one attached hydrogen (secondary N) is 2. The van der Waals surface area contributed by atoms with Crippen molar-refractivity contribution in [2.24, 2.45) is 7.05 Å². The molecular weight excluding hydrogens is 502 g/mol. The SMILES string of the molecule is Cc1cccc(C(=O)N[C@H](C)c2nnc(SCC(=O)Nc3ccc(Br)c(Cl)c3)n2C)c1. The van der Waals surface area contributed by atoms with Gasteiger partial charge in [-0.1, -0.05) is 41.1 Å². The minimum Gasteiger partial charge on any atom is -0.342 e. The molecule has 2 aromatic carbocycles. The van der Waals surface area contributed by atoms with Crippen LogP contribution in [-0.2, 0) is 11.8 Å². The third kappa shape index (κ3) is 6.09. The Labute approximate surface area is 198 Å². The highest BCUT2D eigenvalue weighted by atomic mass is 79.9. The summed E-state index contributed by atoms with van der Waals surface area (Å²) in [6, 6.07) is 12.2. The van der Waals surface area contributed by atoms with Gasteiger partial charge in [0.15, 0.2) is 11.0 Å². The first kappa shape index (κ1) is 23.3. The average Bonchev–Trinajstić information content (AvgIpc) is 3.09. The van der Waals surface area contributed by atoms with Crippen LogP contribution in [0.4, 0.5) is 5.69 Å². The molecule has 3 aromatic rings. The van der Waals surface area contributed by atoms with Crippen LogP contribution in [0, 0.1) is 6.92 Å². The first-order valence-electron chi connectivity index (χ1n) is 9.39. The molecule has 0 fully saturated rings. The molecule has 0 spiro atoms. The van der Waals surface area contributed by atoms with E-state index < -0.39 is 0 Å². The van der Waals surface area contributed by atoms with E-state index in [0.29, 0.717) is 27.3 Å². The first-order valence-corrected chi connectivity index (χ1v) is 11.5. The van der Waals surface area contributed by atoms with Crippen molar-refractivity contribution in [3.05, 3.63) is 68.9 Å².